The summed E-state index contributed by atoms with van der Waals surface area (Å²) in [5.74, 6) is -0.0529. The van der Waals surface area contributed by atoms with Crippen LogP contribution in [0.5, 0.6) is 0 Å². The Balaban J connectivity index is 4.54. The van der Waals surface area contributed by atoms with E-state index in [0.29, 0.717) is 12.8 Å². The summed E-state index contributed by atoms with van der Waals surface area (Å²) in [7, 11) is -3.33. The van der Waals surface area contributed by atoms with E-state index in [4.69, 9.17) is 10.9 Å². The van der Waals surface area contributed by atoms with Crippen LogP contribution in [0.1, 0.15) is 33.1 Å². The summed E-state index contributed by atoms with van der Waals surface area (Å²) in [6.45, 7) is 3.67. The second kappa shape index (κ2) is 6.62. The highest BCUT2D eigenvalue weighted by molar-refractivity contribution is 7.89. The summed E-state index contributed by atoms with van der Waals surface area (Å²) in [4.78, 5) is 0. The van der Waals surface area contributed by atoms with Gasteiger partial charge in [-0.1, -0.05) is 25.4 Å². The standard InChI is InChI=1S/C8H19N3O3S/c1-3-5-7(8(9)10-12)11-15(13,14)6-4-2/h7,11-12H,3-6H2,1-2H3,(H2,9,10). The molecule has 0 aromatic heterocycles. The van der Waals surface area contributed by atoms with Crippen LogP contribution in [0, 0.1) is 0 Å². The normalized spacial score (nSPS) is 15.2. The maximum absolute atomic E-state index is 11.4. The SMILES string of the molecule is CCCC(NS(=O)(=O)CCC)/C(N)=N/O. The van der Waals surface area contributed by atoms with Gasteiger partial charge in [0.1, 0.15) is 0 Å². The number of rotatable bonds is 7. The van der Waals surface area contributed by atoms with E-state index in [1.807, 2.05) is 6.92 Å². The highest BCUT2D eigenvalue weighted by atomic mass is 32.2. The first-order valence-corrected chi connectivity index (χ1v) is 6.59. The first-order valence-electron chi connectivity index (χ1n) is 4.94. The summed E-state index contributed by atoms with van der Waals surface area (Å²) in [6, 6.07) is -0.614. The molecule has 0 aliphatic heterocycles. The number of nitrogens with two attached hydrogens (primary N) is 1. The highest BCUT2D eigenvalue weighted by Crippen LogP contribution is 2.00. The maximum Gasteiger partial charge on any atom is 0.212 e. The molecule has 0 heterocycles. The Bertz CT molecular complexity index is 300. The molecule has 7 heteroatoms. The van der Waals surface area contributed by atoms with Gasteiger partial charge in [0.2, 0.25) is 10.0 Å². The minimum atomic E-state index is -3.33. The van der Waals surface area contributed by atoms with Gasteiger partial charge in [0.15, 0.2) is 5.84 Å². The molecular formula is C8H19N3O3S. The second-order valence-electron chi connectivity index (χ2n) is 3.30. The van der Waals surface area contributed by atoms with Gasteiger partial charge in [-0.15, -0.1) is 0 Å². The van der Waals surface area contributed by atoms with Crippen molar-refractivity contribution in [2.75, 3.05) is 5.75 Å². The number of nitrogens with one attached hydrogen (secondary N) is 1. The van der Waals surface area contributed by atoms with E-state index in [9.17, 15) is 8.42 Å². The molecule has 0 saturated carbocycles. The van der Waals surface area contributed by atoms with Gasteiger partial charge in [0.25, 0.3) is 0 Å². The van der Waals surface area contributed by atoms with Crippen LogP contribution in [0.3, 0.4) is 0 Å². The lowest BCUT2D eigenvalue weighted by atomic mass is 10.2. The smallest absolute Gasteiger partial charge is 0.212 e. The van der Waals surface area contributed by atoms with Crippen molar-refractivity contribution in [3.63, 3.8) is 0 Å². The summed E-state index contributed by atoms with van der Waals surface area (Å²) >= 11 is 0. The largest absolute Gasteiger partial charge is 0.409 e. The average Bonchev–Trinajstić information content (AvgIpc) is 2.15. The van der Waals surface area contributed by atoms with Crippen molar-refractivity contribution in [2.24, 2.45) is 10.9 Å². The molecule has 0 aromatic rings. The number of oxime groups is 1. The van der Waals surface area contributed by atoms with E-state index < -0.39 is 16.1 Å². The van der Waals surface area contributed by atoms with E-state index in [0.717, 1.165) is 6.42 Å². The van der Waals surface area contributed by atoms with Gasteiger partial charge in [0.05, 0.1) is 11.8 Å². The van der Waals surface area contributed by atoms with Crippen LogP contribution in [0.4, 0.5) is 0 Å². The average molecular weight is 237 g/mol. The van der Waals surface area contributed by atoms with Gasteiger partial charge in [-0.2, -0.15) is 0 Å². The molecule has 0 aliphatic carbocycles. The van der Waals surface area contributed by atoms with Crippen molar-refractivity contribution in [3.8, 4) is 0 Å². The molecule has 4 N–H and O–H groups in total. The zero-order valence-corrected chi connectivity index (χ0v) is 9.92. The molecule has 0 saturated heterocycles. The summed E-state index contributed by atoms with van der Waals surface area (Å²) in [6.07, 6.45) is 1.79. The number of nitrogens with zero attached hydrogens (tertiary/aromatic N) is 1. The Morgan fingerprint density at radius 3 is 2.47 bits per heavy atom. The predicted molar refractivity (Wildman–Crippen MR) is 59.3 cm³/mol. The fourth-order valence-electron chi connectivity index (χ4n) is 1.17. The van der Waals surface area contributed by atoms with Crippen molar-refractivity contribution in [1.29, 1.82) is 0 Å². The predicted octanol–water partition coefficient (Wildman–Crippen LogP) is 0.231. The van der Waals surface area contributed by atoms with E-state index in [2.05, 4.69) is 9.88 Å². The number of hydrogen-bond donors (Lipinski definition) is 3. The Kier molecular flexibility index (Phi) is 6.26. The summed E-state index contributed by atoms with van der Waals surface area (Å²) in [5.41, 5.74) is 5.38. The van der Waals surface area contributed by atoms with Crippen molar-refractivity contribution in [1.82, 2.24) is 4.72 Å². The molecule has 0 amide bonds. The minimum Gasteiger partial charge on any atom is -0.409 e. The molecule has 90 valence electrons. The molecule has 6 nitrogen and oxygen atoms in total. The third-order valence-corrected chi connectivity index (χ3v) is 3.43. The molecule has 0 radical (unpaired) electrons. The first-order chi connectivity index (χ1) is 6.96. The van der Waals surface area contributed by atoms with Crippen LogP contribution in [-0.4, -0.2) is 31.3 Å². The molecule has 0 fully saturated rings. The molecule has 1 unspecified atom stereocenters. The number of hydrogen-bond acceptors (Lipinski definition) is 4. The highest BCUT2D eigenvalue weighted by Gasteiger charge is 2.19. The third kappa shape index (κ3) is 5.58. The third-order valence-electron chi connectivity index (χ3n) is 1.84. The van der Waals surface area contributed by atoms with Crippen LogP contribution in [0.2, 0.25) is 0 Å². The molecule has 1 atom stereocenters. The van der Waals surface area contributed by atoms with Gasteiger partial charge in [-0.05, 0) is 12.8 Å². The summed E-state index contributed by atoms with van der Waals surface area (Å²) in [5, 5.41) is 11.3. The molecular weight excluding hydrogens is 218 g/mol. The number of amidine groups is 1. The zero-order chi connectivity index (χ0) is 11.9. The van der Waals surface area contributed by atoms with Crippen molar-refractivity contribution < 1.29 is 13.6 Å². The molecule has 0 aromatic carbocycles. The van der Waals surface area contributed by atoms with Gasteiger partial charge >= 0.3 is 0 Å². The van der Waals surface area contributed by atoms with Gasteiger partial charge in [-0.25, -0.2) is 13.1 Å². The lowest BCUT2D eigenvalue weighted by molar-refractivity contribution is 0.315. The Labute approximate surface area is 90.6 Å². The second-order valence-corrected chi connectivity index (χ2v) is 5.18. The van der Waals surface area contributed by atoms with Crippen molar-refractivity contribution in [3.05, 3.63) is 0 Å². The molecule has 0 bridgehead atoms. The van der Waals surface area contributed by atoms with Crippen molar-refractivity contribution in [2.45, 2.75) is 39.2 Å². The molecule has 0 spiro atoms. The van der Waals surface area contributed by atoms with E-state index in [1.165, 1.54) is 0 Å². The first kappa shape index (κ1) is 14.2. The lowest BCUT2D eigenvalue weighted by Crippen LogP contribution is -2.45. The molecule has 15 heavy (non-hydrogen) atoms. The van der Waals surface area contributed by atoms with Gasteiger partial charge in [-0.3, -0.25) is 0 Å². The summed E-state index contributed by atoms with van der Waals surface area (Å²) < 4.78 is 25.3. The van der Waals surface area contributed by atoms with Crippen LogP contribution in [0.25, 0.3) is 0 Å². The van der Waals surface area contributed by atoms with E-state index in [-0.39, 0.29) is 11.6 Å². The lowest BCUT2D eigenvalue weighted by Gasteiger charge is -2.16. The van der Waals surface area contributed by atoms with Crippen LogP contribution in [0.15, 0.2) is 5.16 Å². The Morgan fingerprint density at radius 2 is 2.07 bits per heavy atom. The zero-order valence-electron chi connectivity index (χ0n) is 9.10. The van der Waals surface area contributed by atoms with Gasteiger partial charge < -0.3 is 10.9 Å². The van der Waals surface area contributed by atoms with Crippen LogP contribution < -0.4 is 10.5 Å². The van der Waals surface area contributed by atoms with E-state index >= 15 is 0 Å². The fraction of sp³-hybridized carbons (Fsp3) is 0.875. The topological polar surface area (TPSA) is 105 Å². The molecule has 0 rings (SSSR count). The minimum absolute atomic E-state index is 0.0475. The van der Waals surface area contributed by atoms with Crippen molar-refractivity contribution >= 4 is 15.9 Å². The van der Waals surface area contributed by atoms with Crippen LogP contribution >= 0.6 is 0 Å². The number of sulfonamides is 1. The monoisotopic (exact) mass is 237 g/mol. The van der Waals surface area contributed by atoms with Gasteiger partial charge in [0, 0.05) is 0 Å². The van der Waals surface area contributed by atoms with E-state index in [1.54, 1.807) is 6.92 Å². The Morgan fingerprint density at radius 1 is 1.47 bits per heavy atom. The maximum atomic E-state index is 11.4. The fourth-order valence-corrected chi connectivity index (χ4v) is 2.50. The quantitative estimate of drug-likeness (QED) is 0.255. The molecule has 0 aliphatic rings. The Hall–Kier alpha value is -0.820. The van der Waals surface area contributed by atoms with Crippen LogP contribution in [-0.2, 0) is 10.0 Å².